The highest BCUT2D eigenvalue weighted by Gasteiger charge is 2.46. The van der Waals surface area contributed by atoms with Crippen LogP contribution < -0.4 is 5.32 Å². The first-order chi connectivity index (χ1) is 13.5. The predicted octanol–water partition coefficient (Wildman–Crippen LogP) is 3.98. The van der Waals surface area contributed by atoms with Crippen LogP contribution in [0.25, 0.3) is 11.1 Å². The predicted molar refractivity (Wildman–Crippen MR) is 108 cm³/mol. The number of benzene rings is 3. The molecular formula is C24H21NO3. The lowest BCUT2D eigenvalue weighted by molar-refractivity contribution is -0.141. The van der Waals surface area contributed by atoms with E-state index < -0.39 is 17.6 Å². The molecule has 1 aliphatic rings. The highest BCUT2D eigenvalue weighted by atomic mass is 16.4. The summed E-state index contributed by atoms with van der Waals surface area (Å²) in [6, 6.07) is 24.9. The average Bonchev–Trinajstić information content (AvgIpc) is 2.99. The van der Waals surface area contributed by atoms with E-state index in [1.807, 2.05) is 66.7 Å². The van der Waals surface area contributed by atoms with Crippen LogP contribution in [0.2, 0.25) is 0 Å². The Morgan fingerprint density at radius 2 is 1.36 bits per heavy atom. The van der Waals surface area contributed by atoms with Crippen molar-refractivity contribution < 1.29 is 14.7 Å². The Kier molecular flexibility index (Phi) is 4.57. The number of Topliss-reactive ketones (excluding diaryl/α,β-unsaturated/α-hetero) is 1. The molecule has 0 aliphatic heterocycles. The van der Waals surface area contributed by atoms with Crippen LogP contribution in [0.4, 0.5) is 0 Å². The summed E-state index contributed by atoms with van der Waals surface area (Å²) in [5.74, 6) is -1.20. The normalized spacial score (nSPS) is 14.8. The van der Waals surface area contributed by atoms with Crippen molar-refractivity contribution in [2.24, 2.45) is 0 Å². The number of hydrogen-bond acceptors (Lipinski definition) is 3. The lowest BCUT2D eigenvalue weighted by atomic mass is 9.79. The molecule has 0 heterocycles. The molecule has 0 amide bonds. The minimum atomic E-state index is -1.03. The van der Waals surface area contributed by atoms with Crippen LogP contribution >= 0.6 is 0 Å². The van der Waals surface area contributed by atoms with Gasteiger partial charge >= 0.3 is 5.97 Å². The van der Waals surface area contributed by atoms with E-state index in [9.17, 15) is 14.7 Å². The van der Waals surface area contributed by atoms with Gasteiger partial charge in [0, 0.05) is 6.42 Å². The van der Waals surface area contributed by atoms with Crippen LogP contribution in [-0.2, 0) is 15.1 Å². The van der Waals surface area contributed by atoms with Crippen LogP contribution in [0.15, 0.2) is 78.9 Å². The van der Waals surface area contributed by atoms with Crippen molar-refractivity contribution in [3.63, 3.8) is 0 Å². The van der Waals surface area contributed by atoms with Crippen LogP contribution in [0.5, 0.6) is 0 Å². The standard InChI is InChI=1S/C24H21NO3/c1-16(26)15-22(23(27)28)25-24(17-9-3-2-4-10-17)20-13-7-5-11-18(20)19-12-6-8-14-21(19)24/h2-14,22,25H,15H2,1H3,(H,27,28)/t22-/m0/s1. The van der Waals surface area contributed by atoms with E-state index in [0.29, 0.717) is 0 Å². The molecule has 3 aromatic carbocycles. The molecule has 28 heavy (non-hydrogen) atoms. The molecule has 0 radical (unpaired) electrons. The lowest BCUT2D eigenvalue weighted by Crippen LogP contribution is -2.52. The van der Waals surface area contributed by atoms with Gasteiger partial charge in [-0.2, -0.15) is 0 Å². The van der Waals surface area contributed by atoms with Crippen molar-refractivity contribution in [1.29, 1.82) is 0 Å². The molecule has 4 heteroatoms. The van der Waals surface area contributed by atoms with Gasteiger partial charge in [0.2, 0.25) is 0 Å². The zero-order valence-corrected chi connectivity index (χ0v) is 15.6. The summed E-state index contributed by atoms with van der Waals surface area (Å²) in [5.41, 5.74) is 4.24. The molecular weight excluding hydrogens is 350 g/mol. The minimum Gasteiger partial charge on any atom is -0.480 e. The van der Waals surface area contributed by atoms with Crippen LogP contribution in [0, 0.1) is 0 Å². The largest absolute Gasteiger partial charge is 0.480 e. The Morgan fingerprint density at radius 3 is 1.86 bits per heavy atom. The molecule has 1 atom stereocenters. The van der Waals surface area contributed by atoms with Gasteiger partial charge in [0.15, 0.2) is 0 Å². The van der Waals surface area contributed by atoms with Gasteiger partial charge in [-0.3, -0.25) is 14.9 Å². The van der Waals surface area contributed by atoms with Gasteiger partial charge in [0.25, 0.3) is 0 Å². The molecule has 1 aliphatic carbocycles. The van der Waals surface area contributed by atoms with Crippen LogP contribution in [0.3, 0.4) is 0 Å². The smallest absolute Gasteiger partial charge is 0.321 e. The number of fused-ring (bicyclic) bond motifs is 3. The van der Waals surface area contributed by atoms with E-state index in [1.165, 1.54) is 6.92 Å². The molecule has 2 N–H and O–H groups in total. The zero-order valence-electron chi connectivity index (χ0n) is 15.6. The number of carboxylic acid groups (broad SMARTS) is 1. The van der Waals surface area contributed by atoms with Crippen molar-refractivity contribution in [2.75, 3.05) is 0 Å². The third kappa shape index (κ3) is 2.83. The van der Waals surface area contributed by atoms with Crippen molar-refractivity contribution >= 4 is 11.8 Å². The van der Waals surface area contributed by atoms with Crippen LogP contribution in [0.1, 0.15) is 30.0 Å². The maximum atomic E-state index is 12.0. The van der Waals surface area contributed by atoms with Crippen LogP contribution in [-0.4, -0.2) is 22.9 Å². The summed E-state index contributed by atoms with van der Waals surface area (Å²) in [5, 5.41) is 13.2. The quantitative estimate of drug-likeness (QED) is 0.688. The summed E-state index contributed by atoms with van der Waals surface area (Å²) in [6.45, 7) is 1.42. The van der Waals surface area contributed by atoms with E-state index >= 15 is 0 Å². The summed E-state index contributed by atoms with van der Waals surface area (Å²) in [4.78, 5) is 23.8. The molecule has 4 rings (SSSR count). The first-order valence-electron chi connectivity index (χ1n) is 9.29. The molecule has 3 aromatic rings. The topological polar surface area (TPSA) is 66.4 Å². The van der Waals surface area contributed by atoms with Gasteiger partial charge in [0.1, 0.15) is 11.8 Å². The summed E-state index contributed by atoms with van der Waals surface area (Å²) < 4.78 is 0. The molecule has 0 saturated heterocycles. The van der Waals surface area contributed by atoms with Gasteiger partial charge in [-0.05, 0) is 34.7 Å². The Bertz CT molecular complexity index is 997. The van der Waals surface area contributed by atoms with Crippen molar-refractivity contribution in [3.8, 4) is 11.1 Å². The van der Waals surface area contributed by atoms with E-state index in [0.717, 1.165) is 27.8 Å². The van der Waals surface area contributed by atoms with E-state index in [-0.39, 0.29) is 12.2 Å². The van der Waals surface area contributed by atoms with Gasteiger partial charge in [-0.1, -0.05) is 78.9 Å². The van der Waals surface area contributed by atoms with Gasteiger partial charge in [0.05, 0.1) is 5.54 Å². The first kappa shape index (κ1) is 18.1. The third-order valence-electron chi connectivity index (χ3n) is 5.34. The Hall–Kier alpha value is -3.24. The summed E-state index contributed by atoms with van der Waals surface area (Å²) in [7, 11) is 0. The highest BCUT2D eigenvalue weighted by molar-refractivity contribution is 5.86. The van der Waals surface area contributed by atoms with Gasteiger partial charge in [-0.15, -0.1) is 0 Å². The zero-order chi connectivity index (χ0) is 19.7. The molecule has 4 nitrogen and oxygen atoms in total. The fraction of sp³-hybridized carbons (Fsp3) is 0.167. The number of carbonyl (C=O) groups excluding carboxylic acids is 1. The molecule has 0 bridgehead atoms. The number of ketones is 1. The molecule has 0 saturated carbocycles. The molecule has 0 fully saturated rings. The number of aliphatic carboxylic acids is 1. The Morgan fingerprint density at radius 1 is 0.857 bits per heavy atom. The third-order valence-corrected chi connectivity index (χ3v) is 5.34. The van der Waals surface area contributed by atoms with Gasteiger partial charge < -0.3 is 5.11 Å². The maximum absolute atomic E-state index is 12.0. The minimum absolute atomic E-state index is 0.0751. The Balaban J connectivity index is 2.00. The second kappa shape index (κ2) is 7.06. The second-order valence-electron chi connectivity index (χ2n) is 7.15. The fourth-order valence-corrected chi connectivity index (χ4v) is 4.22. The van der Waals surface area contributed by atoms with Crippen molar-refractivity contribution in [3.05, 3.63) is 95.6 Å². The fourth-order valence-electron chi connectivity index (χ4n) is 4.22. The number of nitrogens with one attached hydrogen (secondary N) is 1. The van der Waals surface area contributed by atoms with E-state index in [1.54, 1.807) is 0 Å². The van der Waals surface area contributed by atoms with E-state index in [4.69, 9.17) is 0 Å². The monoisotopic (exact) mass is 371 g/mol. The second-order valence-corrected chi connectivity index (χ2v) is 7.15. The SMILES string of the molecule is CC(=O)C[C@H](NC1(c2ccccc2)c2ccccc2-c2ccccc21)C(=O)O. The molecule has 0 aromatic heterocycles. The van der Waals surface area contributed by atoms with Crippen molar-refractivity contribution in [1.82, 2.24) is 5.32 Å². The Labute approximate surface area is 163 Å². The summed E-state index contributed by atoms with van der Waals surface area (Å²) >= 11 is 0. The number of rotatable bonds is 6. The number of carbonyl (C=O) groups is 2. The molecule has 140 valence electrons. The number of carboxylic acids is 1. The van der Waals surface area contributed by atoms with Crippen molar-refractivity contribution in [2.45, 2.75) is 24.9 Å². The lowest BCUT2D eigenvalue weighted by Gasteiger charge is -2.36. The average molecular weight is 371 g/mol. The molecule has 0 spiro atoms. The number of hydrogen-bond donors (Lipinski definition) is 2. The summed E-state index contributed by atoms with van der Waals surface area (Å²) in [6.07, 6.45) is -0.0751. The first-order valence-corrected chi connectivity index (χ1v) is 9.29. The van der Waals surface area contributed by atoms with Gasteiger partial charge in [-0.25, -0.2) is 0 Å². The van der Waals surface area contributed by atoms with E-state index in [2.05, 4.69) is 17.4 Å². The molecule has 0 unspecified atom stereocenters. The maximum Gasteiger partial charge on any atom is 0.321 e. The highest BCUT2D eigenvalue weighted by Crippen LogP contribution is 2.51.